The lowest BCUT2D eigenvalue weighted by Crippen LogP contribution is -2.16. The second-order valence-corrected chi connectivity index (χ2v) is 5.23. The van der Waals surface area contributed by atoms with Gasteiger partial charge in [0.1, 0.15) is 35.5 Å². The van der Waals surface area contributed by atoms with E-state index in [0.717, 1.165) is 0 Å². The van der Waals surface area contributed by atoms with Crippen LogP contribution in [0, 0.1) is 11.3 Å². The molecule has 0 aliphatic rings. The molecule has 1 atom stereocenters. The predicted octanol–water partition coefficient (Wildman–Crippen LogP) is 2.35. The van der Waals surface area contributed by atoms with E-state index in [0.29, 0.717) is 46.2 Å². The van der Waals surface area contributed by atoms with Crippen LogP contribution >= 0.6 is 11.6 Å². The number of imidazole rings is 1. The molecule has 2 aromatic heterocycles. The third kappa shape index (κ3) is 3.08. The van der Waals surface area contributed by atoms with E-state index in [-0.39, 0.29) is 0 Å². The van der Waals surface area contributed by atoms with Crippen LogP contribution in [-0.4, -0.2) is 26.5 Å². The molecule has 1 unspecified atom stereocenters. The Labute approximate surface area is 137 Å². The highest BCUT2D eigenvalue weighted by Gasteiger charge is 2.21. The molecule has 3 rings (SSSR count). The van der Waals surface area contributed by atoms with Gasteiger partial charge in [-0.1, -0.05) is 11.6 Å². The maximum absolute atomic E-state index is 9.22. The van der Waals surface area contributed by atoms with Crippen LogP contribution in [0.15, 0.2) is 30.9 Å². The molecule has 0 radical (unpaired) electrons. The maximum atomic E-state index is 9.22. The number of ether oxygens (including phenoxy) is 1. The van der Waals surface area contributed by atoms with E-state index >= 15 is 0 Å². The molecule has 0 saturated carbocycles. The van der Waals surface area contributed by atoms with Crippen molar-refractivity contribution in [3.05, 3.63) is 47.1 Å². The molecule has 0 aliphatic heterocycles. The van der Waals surface area contributed by atoms with Crippen LogP contribution in [0.1, 0.15) is 23.8 Å². The Morgan fingerprint density at radius 2 is 2.22 bits per heavy atom. The van der Waals surface area contributed by atoms with E-state index in [4.69, 9.17) is 22.1 Å². The number of hydrogen-bond donors (Lipinski definition) is 2. The summed E-state index contributed by atoms with van der Waals surface area (Å²) in [6.45, 7) is 0.392. The van der Waals surface area contributed by atoms with Crippen molar-refractivity contribution >= 4 is 22.8 Å². The van der Waals surface area contributed by atoms with Gasteiger partial charge in [-0.25, -0.2) is 15.0 Å². The second kappa shape index (κ2) is 6.60. The molecule has 3 N–H and O–H groups in total. The molecule has 23 heavy (non-hydrogen) atoms. The van der Waals surface area contributed by atoms with Gasteiger partial charge in [-0.15, -0.1) is 0 Å². The van der Waals surface area contributed by atoms with Crippen LogP contribution in [0.5, 0.6) is 5.75 Å². The minimum absolute atomic E-state index is 0.390. The molecule has 0 bridgehead atoms. The first kappa shape index (κ1) is 15.2. The van der Waals surface area contributed by atoms with Gasteiger partial charge in [-0.05, 0) is 18.7 Å². The standard InChI is InChI=1S/C15H13ClN6O/c16-10-2-1-9(6-18)12(5-10)23-11(3-4-17)13-14-15(21-7-19-13)22-8-20-14/h1-2,5,7-8,11H,3-4,17H2,(H,19,20,21,22). The van der Waals surface area contributed by atoms with Crippen LogP contribution in [0.3, 0.4) is 0 Å². The van der Waals surface area contributed by atoms with Crippen molar-refractivity contribution < 1.29 is 4.74 Å². The van der Waals surface area contributed by atoms with E-state index in [1.807, 2.05) is 0 Å². The van der Waals surface area contributed by atoms with Crippen molar-refractivity contribution in [3.8, 4) is 11.8 Å². The summed E-state index contributed by atoms with van der Waals surface area (Å²) in [5.41, 5.74) is 7.94. The highest BCUT2D eigenvalue weighted by molar-refractivity contribution is 6.30. The van der Waals surface area contributed by atoms with Gasteiger partial charge in [-0.3, -0.25) is 0 Å². The van der Waals surface area contributed by atoms with Crippen LogP contribution in [0.4, 0.5) is 0 Å². The highest BCUT2D eigenvalue weighted by atomic mass is 35.5. The maximum Gasteiger partial charge on any atom is 0.160 e. The number of halogens is 1. The van der Waals surface area contributed by atoms with Crippen molar-refractivity contribution in [3.63, 3.8) is 0 Å². The van der Waals surface area contributed by atoms with Gasteiger partial charge >= 0.3 is 0 Å². The monoisotopic (exact) mass is 328 g/mol. The van der Waals surface area contributed by atoms with Crippen LogP contribution in [-0.2, 0) is 0 Å². The molecule has 0 amide bonds. The van der Waals surface area contributed by atoms with E-state index in [2.05, 4.69) is 26.0 Å². The fourth-order valence-corrected chi connectivity index (χ4v) is 2.42. The van der Waals surface area contributed by atoms with Crippen LogP contribution in [0.2, 0.25) is 5.02 Å². The van der Waals surface area contributed by atoms with Gasteiger partial charge in [0.2, 0.25) is 0 Å². The number of nitrogens with one attached hydrogen (secondary N) is 1. The number of nitriles is 1. The van der Waals surface area contributed by atoms with Gasteiger partial charge < -0.3 is 15.5 Å². The zero-order chi connectivity index (χ0) is 16.2. The van der Waals surface area contributed by atoms with E-state index in [9.17, 15) is 5.26 Å². The van der Waals surface area contributed by atoms with Gasteiger partial charge in [0, 0.05) is 17.5 Å². The van der Waals surface area contributed by atoms with Gasteiger partial charge in [-0.2, -0.15) is 5.26 Å². The average molecular weight is 329 g/mol. The summed E-state index contributed by atoms with van der Waals surface area (Å²) in [6.07, 6.45) is 3.03. The topological polar surface area (TPSA) is 113 Å². The predicted molar refractivity (Wildman–Crippen MR) is 84.9 cm³/mol. The highest BCUT2D eigenvalue weighted by Crippen LogP contribution is 2.30. The normalized spacial score (nSPS) is 12.0. The molecular weight excluding hydrogens is 316 g/mol. The Kier molecular flexibility index (Phi) is 4.37. The van der Waals surface area contributed by atoms with Crippen molar-refractivity contribution in [2.45, 2.75) is 12.5 Å². The number of nitrogens with zero attached hydrogens (tertiary/aromatic N) is 4. The minimum atomic E-state index is -0.459. The number of hydrogen-bond acceptors (Lipinski definition) is 6. The number of aromatic amines is 1. The molecule has 8 heteroatoms. The fourth-order valence-electron chi connectivity index (χ4n) is 2.26. The Hall–Kier alpha value is -2.69. The Bertz CT molecular complexity index is 872. The molecule has 3 aromatic rings. The largest absolute Gasteiger partial charge is 0.483 e. The summed E-state index contributed by atoms with van der Waals surface area (Å²) >= 11 is 6.00. The average Bonchev–Trinajstić information content (AvgIpc) is 3.03. The molecule has 2 heterocycles. The summed E-state index contributed by atoms with van der Waals surface area (Å²) in [5.74, 6) is 0.390. The van der Waals surface area contributed by atoms with Crippen molar-refractivity contribution in [1.29, 1.82) is 5.26 Å². The molecule has 0 spiro atoms. The molecule has 0 aliphatic carbocycles. The molecule has 1 aromatic carbocycles. The summed E-state index contributed by atoms with van der Waals surface area (Å²) < 4.78 is 5.99. The second-order valence-electron chi connectivity index (χ2n) is 4.79. The number of H-pyrrole nitrogens is 1. The number of rotatable bonds is 5. The van der Waals surface area contributed by atoms with Crippen molar-refractivity contribution in [2.24, 2.45) is 5.73 Å². The van der Waals surface area contributed by atoms with Crippen molar-refractivity contribution in [1.82, 2.24) is 19.9 Å². The van der Waals surface area contributed by atoms with E-state index in [1.54, 1.807) is 24.5 Å². The Morgan fingerprint density at radius 1 is 1.35 bits per heavy atom. The smallest absolute Gasteiger partial charge is 0.160 e. The number of aromatic nitrogens is 4. The summed E-state index contributed by atoms with van der Waals surface area (Å²) in [6, 6.07) is 6.94. The lowest BCUT2D eigenvalue weighted by atomic mass is 10.1. The summed E-state index contributed by atoms with van der Waals surface area (Å²) in [4.78, 5) is 15.6. The molecule has 116 valence electrons. The molecule has 0 fully saturated rings. The third-order valence-electron chi connectivity index (χ3n) is 3.31. The van der Waals surface area contributed by atoms with E-state index < -0.39 is 6.10 Å². The molecule has 0 saturated heterocycles. The third-order valence-corrected chi connectivity index (χ3v) is 3.55. The van der Waals surface area contributed by atoms with Crippen LogP contribution in [0.25, 0.3) is 11.2 Å². The zero-order valence-electron chi connectivity index (χ0n) is 12.0. The van der Waals surface area contributed by atoms with Crippen LogP contribution < -0.4 is 10.5 Å². The van der Waals surface area contributed by atoms with Gasteiger partial charge in [0.25, 0.3) is 0 Å². The minimum Gasteiger partial charge on any atom is -0.483 e. The number of fused-ring (bicyclic) bond motifs is 1. The number of benzene rings is 1. The lowest BCUT2D eigenvalue weighted by molar-refractivity contribution is 0.194. The summed E-state index contributed by atoms with van der Waals surface area (Å²) in [5, 5.41) is 9.70. The number of nitrogens with two attached hydrogens (primary N) is 1. The summed E-state index contributed by atoms with van der Waals surface area (Å²) in [7, 11) is 0. The van der Waals surface area contributed by atoms with E-state index in [1.165, 1.54) is 6.33 Å². The van der Waals surface area contributed by atoms with Crippen molar-refractivity contribution in [2.75, 3.05) is 6.54 Å². The first-order valence-corrected chi connectivity index (χ1v) is 7.31. The first-order valence-electron chi connectivity index (χ1n) is 6.93. The first-order chi connectivity index (χ1) is 11.2. The quantitative estimate of drug-likeness (QED) is 0.743. The lowest BCUT2D eigenvalue weighted by Gasteiger charge is -2.19. The fraction of sp³-hybridized carbons (Fsp3) is 0.200. The Balaban J connectivity index is 2.02. The zero-order valence-corrected chi connectivity index (χ0v) is 12.8. The Morgan fingerprint density at radius 3 is 3.00 bits per heavy atom. The van der Waals surface area contributed by atoms with Gasteiger partial charge in [0.15, 0.2) is 5.65 Å². The molecular formula is C15H13ClN6O. The SMILES string of the molecule is N#Cc1ccc(Cl)cc1OC(CCN)c1ncnc2[nH]cnc12. The van der Waals surface area contributed by atoms with Gasteiger partial charge in [0.05, 0.1) is 11.9 Å². The molecule has 7 nitrogen and oxygen atoms in total.